The van der Waals surface area contributed by atoms with Gasteiger partial charge < -0.3 is 10.3 Å². The van der Waals surface area contributed by atoms with Gasteiger partial charge in [-0.3, -0.25) is 0 Å². The first kappa shape index (κ1) is 16.5. The second kappa shape index (κ2) is 6.50. The molecule has 2 rings (SSSR count). The zero-order chi connectivity index (χ0) is 15.6. The molecule has 1 aliphatic carbocycles. The lowest BCUT2D eigenvalue weighted by Crippen LogP contribution is -2.38. The summed E-state index contributed by atoms with van der Waals surface area (Å²) < 4.78 is 29.4. The van der Waals surface area contributed by atoms with Gasteiger partial charge in [0.05, 0.1) is 0 Å². The van der Waals surface area contributed by atoms with Crippen LogP contribution in [0.4, 0.5) is 0 Å². The second-order valence-electron chi connectivity index (χ2n) is 6.18. The lowest BCUT2D eigenvalue weighted by atomic mass is 10.3. The Morgan fingerprint density at radius 3 is 2.57 bits per heavy atom. The minimum Gasteiger partial charge on any atom is -0.349 e. The fraction of sp³-hybridized carbons (Fsp3) is 0.733. The van der Waals surface area contributed by atoms with Crippen molar-refractivity contribution in [2.75, 3.05) is 6.54 Å². The molecule has 0 aliphatic heterocycles. The van der Waals surface area contributed by atoms with Gasteiger partial charge >= 0.3 is 0 Å². The first-order chi connectivity index (χ1) is 9.90. The van der Waals surface area contributed by atoms with Crippen molar-refractivity contribution in [2.45, 2.75) is 64.1 Å². The molecule has 0 bridgehead atoms. The van der Waals surface area contributed by atoms with E-state index in [9.17, 15) is 8.42 Å². The maximum Gasteiger partial charge on any atom is 0.244 e. The maximum absolute atomic E-state index is 12.9. The Bertz CT molecular complexity index is 574. The molecule has 0 aromatic carbocycles. The Balaban J connectivity index is 2.32. The Hall–Kier alpha value is -0.850. The van der Waals surface area contributed by atoms with Gasteiger partial charge in [0, 0.05) is 37.6 Å². The van der Waals surface area contributed by atoms with Crippen LogP contribution in [0.25, 0.3) is 0 Å². The van der Waals surface area contributed by atoms with Gasteiger partial charge in [-0.25, -0.2) is 8.42 Å². The summed E-state index contributed by atoms with van der Waals surface area (Å²) in [5.74, 6) is 0.536. The molecule has 1 saturated carbocycles. The quantitative estimate of drug-likeness (QED) is 0.799. The second-order valence-corrected chi connectivity index (χ2v) is 8.07. The molecule has 0 spiro atoms. The molecule has 1 heterocycles. The summed E-state index contributed by atoms with van der Waals surface area (Å²) in [5.41, 5.74) is 6.62. The standard InChI is InChI=1S/C15H27N3O2S/c1-4-7-17-11-15(8-14(17)9-16)21(19,20)18(12(2)3)10-13-5-6-13/h8,11-13H,4-7,9-10,16H2,1-3H3. The molecule has 1 fully saturated rings. The monoisotopic (exact) mass is 313 g/mol. The van der Waals surface area contributed by atoms with Gasteiger partial charge in [-0.15, -0.1) is 0 Å². The number of aryl methyl sites for hydroxylation is 1. The third-order valence-corrected chi connectivity index (χ3v) is 5.96. The lowest BCUT2D eigenvalue weighted by molar-refractivity contribution is 0.341. The van der Waals surface area contributed by atoms with Crippen LogP contribution in [0, 0.1) is 5.92 Å². The van der Waals surface area contributed by atoms with Crippen LogP contribution in [-0.2, 0) is 23.1 Å². The highest BCUT2D eigenvalue weighted by Crippen LogP contribution is 2.32. The van der Waals surface area contributed by atoms with E-state index in [1.165, 1.54) is 0 Å². The molecule has 0 unspecified atom stereocenters. The van der Waals surface area contributed by atoms with Gasteiger partial charge in [0.2, 0.25) is 10.0 Å². The third-order valence-electron chi connectivity index (χ3n) is 3.95. The summed E-state index contributed by atoms with van der Waals surface area (Å²) >= 11 is 0. The van der Waals surface area contributed by atoms with E-state index in [0.717, 1.165) is 31.5 Å². The molecule has 2 N–H and O–H groups in total. The highest BCUT2D eigenvalue weighted by molar-refractivity contribution is 7.89. The Kier molecular flexibility index (Phi) is 5.11. The minimum atomic E-state index is -3.43. The van der Waals surface area contributed by atoms with E-state index in [1.54, 1.807) is 16.6 Å². The summed E-state index contributed by atoms with van der Waals surface area (Å²) in [7, 11) is -3.43. The molecular weight excluding hydrogens is 286 g/mol. The molecule has 6 heteroatoms. The van der Waals surface area contributed by atoms with Gasteiger partial charge in [-0.1, -0.05) is 6.92 Å². The topological polar surface area (TPSA) is 68.3 Å². The molecule has 1 aromatic rings. The molecule has 21 heavy (non-hydrogen) atoms. The van der Waals surface area contributed by atoms with E-state index < -0.39 is 10.0 Å². The largest absolute Gasteiger partial charge is 0.349 e. The van der Waals surface area contributed by atoms with Crippen molar-refractivity contribution in [2.24, 2.45) is 11.7 Å². The van der Waals surface area contributed by atoms with Gasteiger partial charge in [0.25, 0.3) is 0 Å². The molecular formula is C15H27N3O2S. The molecule has 0 saturated heterocycles. The van der Waals surface area contributed by atoms with Crippen molar-refractivity contribution in [3.63, 3.8) is 0 Å². The van der Waals surface area contributed by atoms with Crippen LogP contribution in [0.3, 0.4) is 0 Å². The molecule has 1 aromatic heterocycles. The van der Waals surface area contributed by atoms with E-state index >= 15 is 0 Å². The summed E-state index contributed by atoms with van der Waals surface area (Å²) in [6.07, 6.45) is 4.98. The SMILES string of the molecule is CCCn1cc(S(=O)(=O)N(CC2CC2)C(C)C)cc1CN. The third kappa shape index (κ3) is 3.67. The summed E-state index contributed by atoms with van der Waals surface area (Å²) in [6, 6.07) is 1.71. The van der Waals surface area contributed by atoms with E-state index in [2.05, 4.69) is 6.92 Å². The first-order valence-corrected chi connectivity index (χ1v) is 9.25. The average Bonchev–Trinajstić information content (AvgIpc) is 3.15. The molecule has 1 aliphatic rings. The Morgan fingerprint density at radius 2 is 2.10 bits per heavy atom. The molecule has 0 atom stereocenters. The van der Waals surface area contributed by atoms with E-state index in [1.807, 2.05) is 18.4 Å². The van der Waals surface area contributed by atoms with Gasteiger partial charge in [0.15, 0.2) is 0 Å². The first-order valence-electron chi connectivity index (χ1n) is 7.81. The van der Waals surface area contributed by atoms with Crippen molar-refractivity contribution in [3.05, 3.63) is 18.0 Å². The van der Waals surface area contributed by atoms with Crippen molar-refractivity contribution < 1.29 is 8.42 Å². The number of sulfonamides is 1. The minimum absolute atomic E-state index is 0.0218. The van der Waals surface area contributed by atoms with E-state index in [4.69, 9.17) is 5.73 Å². The highest BCUT2D eigenvalue weighted by atomic mass is 32.2. The zero-order valence-corrected chi connectivity index (χ0v) is 14.1. The molecule has 0 amide bonds. The molecule has 5 nitrogen and oxygen atoms in total. The number of rotatable bonds is 8. The summed E-state index contributed by atoms with van der Waals surface area (Å²) in [5, 5.41) is 0. The highest BCUT2D eigenvalue weighted by Gasteiger charge is 2.34. The van der Waals surface area contributed by atoms with Crippen LogP contribution in [-0.4, -0.2) is 29.9 Å². The summed E-state index contributed by atoms with van der Waals surface area (Å²) in [6.45, 7) is 7.74. The average molecular weight is 313 g/mol. The van der Waals surface area contributed by atoms with Crippen molar-refractivity contribution in [1.29, 1.82) is 0 Å². The van der Waals surface area contributed by atoms with Crippen molar-refractivity contribution >= 4 is 10.0 Å². The normalized spacial score (nSPS) is 16.1. The van der Waals surface area contributed by atoms with Crippen molar-refractivity contribution in [3.8, 4) is 0 Å². The van der Waals surface area contributed by atoms with Gasteiger partial charge in [-0.2, -0.15) is 4.31 Å². The smallest absolute Gasteiger partial charge is 0.244 e. The van der Waals surface area contributed by atoms with E-state index in [-0.39, 0.29) is 6.04 Å². The van der Waals surface area contributed by atoms with Crippen LogP contribution >= 0.6 is 0 Å². The predicted molar refractivity (Wildman–Crippen MR) is 84.4 cm³/mol. The van der Waals surface area contributed by atoms with Crippen LogP contribution in [0.2, 0.25) is 0 Å². The number of aromatic nitrogens is 1. The maximum atomic E-state index is 12.9. The number of nitrogens with two attached hydrogens (primary N) is 1. The van der Waals surface area contributed by atoms with Crippen LogP contribution in [0.5, 0.6) is 0 Å². The number of nitrogens with zero attached hydrogens (tertiary/aromatic N) is 2. The summed E-state index contributed by atoms with van der Waals surface area (Å²) in [4.78, 5) is 0.380. The van der Waals surface area contributed by atoms with Crippen LogP contribution in [0.15, 0.2) is 17.2 Å². The Labute approximate surface area is 128 Å². The zero-order valence-electron chi connectivity index (χ0n) is 13.2. The molecule has 0 radical (unpaired) electrons. The van der Waals surface area contributed by atoms with Gasteiger partial charge in [-0.05, 0) is 45.1 Å². The van der Waals surface area contributed by atoms with Crippen molar-refractivity contribution in [1.82, 2.24) is 8.87 Å². The lowest BCUT2D eigenvalue weighted by Gasteiger charge is -2.25. The van der Waals surface area contributed by atoms with Gasteiger partial charge in [0.1, 0.15) is 4.90 Å². The number of hydrogen-bond acceptors (Lipinski definition) is 3. The fourth-order valence-electron chi connectivity index (χ4n) is 2.56. The van der Waals surface area contributed by atoms with Crippen LogP contribution < -0.4 is 5.73 Å². The van der Waals surface area contributed by atoms with E-state index in [0.29, 0.717) is 23.9 Å². The fourth-order valence-corrected chi connectivity index (χ4v) is 4.34. The Morgan fingerprint density at radius 1 is 1.43 bits per heavy atom. The van der Waals surface area contributed by atoms with Crippen LogP contribution in [0.1, 0.15) is 45.7 Å². The predicted octanol–water partition coefficient (Wildman–Crippen LogP) is 2.17. The molecule has 120 valence electrons. The number of hydrogen-bond donors (Lipinski definition) is 1.